The molecule has 122 valence electrons. The summed E-state index contributed by atoms with van der Waals surface area (Å²) in [6, 6.07) is 6.67. The summed E-state index contributed by atoms with van der Waals surface area (Å²) in [6.45, 7) is 2.99. The third-order valence-electron chi connectivity index (χ3n) is 3.06. The molecule has 1 aromatic heterocycles. The molecular formula is C14H16N4O4S. The number of rotatable bonds is 6. The van der Waals surface area contributed by atoms with Crippen LogP contribution in [0.25, 0.3) is 10.9 Å². The van der Waals surface area contributed by atoms with Gasteiger partial charge in [0, 0.05) is 0 Å². The number of nitrogens with zero attached hydrogens (tertiary/aromatic N) is 2. The molecule has 0 bridgehead atoms. The molecule has 23 heavy (non-hydrogen) atoms. The molecule has 1 aromatic carbocycles. The van der Waals surface area contributed by atoms with Crippen LogP contribution in [0.1, 0.15) is 13.8 Å². The van der Waals surface area contributed by atoms with Crippen LogP contribution in [0, 0.1) is 0 Å². The predicted molar refractivity (Wildman–Crippen MR) is 85.8 cm³/mol. The Kier molecular flexibility index (Phi) is 4.89. The molecule has 0 aliphatic rings. The highest BCUT2D eigenvalue weighted by Gasteiger charge is 2.21. The molecule has 2 aromatic rings. The minimum absolute atomic E-state index is 0.119. The van der Waals surface area contributed by atoms with Crippen molar-refractivity contribution in [2.75, 3.05) is 0 Å². The Bertz CT molecular complexity index is 820. The van der Waals surface area contributed by atoms with Crippen LogP contribution in [0.2, 0.25) is 0 Å². The van der Waals surface area contributed by atoms with Crippen LogP contribution >= 0.6 is 11.8 Å². The largest absolute Gasteiger partial charge is 0.395 e. The molecule has 8 nitrogen and oxygen atoms in total. The van der Waals surface area contributed by atoms with Crippen molar-refractivity contribution in [1.82, 2.24) is 9.71 Å². The predicted octanol–water partition coefficient (Wildman–Crippen LogP) is -0.335. The van der Waals surface area contributed by atoms with E-state index in [1.807, 2.05) is 0 Å². The second kappa shape index (κ2) is 6.69. The van der Waals surface area contributed by atoms with Gasteiger partial charge >= 0.3 is 0 Å². The minimum atomic E-state index is -1.04. The van der Waals surface area contributed by atoms with Crippen molar-refractivity contribution in [1.29, 1.82) is 0 Å². The van der Waals surface area contributed by atoms with Gasteiger partial charge in [0.25, 0.3) is 11.5 Å². The highest BCUT2D eigenvalue weighted by atomic mass is 32.2. The van der Waals surface area contributed by atoms with Gasteiger partial charge in [-0.3, -0.25) is 14.4 Å². The van der Waals surface area contributed by atoms with Crippen LogP contribution in [0.3, 0.4) is 0 Å². The van der Waals surface area contributed by atoms with Crippen LogP contribution < -0.4 is 21.9 Å². The van der Waals surface area contributed by atoms with E-state index in [1.165, 1.54) is 6.92 Å². The first-order chi connectivity index (χ1) is 10.8. The Morgan fingerprint density at radius 3 is 2.48 bits per heavy atom. The Morgan fingerprint density at radius 2 is 1.87 bits per heavy atom. The van der Waals surface area contributed by atoms with Crippen molar-refractivity contribution >= 4 is 34.5 Å². The van der Waals surface area contributed by atoms with E-state index in [-0.39, 0.29) is 5.16 Å². The molecule has 2 atom stereocenters. The van der Waals surface area contributed by atoms with E-state index >= 15 is 0 Å². The number of amides is 2. The number of aromatic nitrogens is 2. The Morgan fingerprint density at radius 1 is 1.22 bits per heavy atom. The lowest BCUT2D eigenvalue weighted by molar-refractivity contribution is -0.129. The molecule has 2 rings (SSSR count). The van der Waals surface area contributed by atoms with Gasteiger partial charge in [0.2, 0.25) is 11.1 Å². The van der Waals surface area contributed by atoms with Crippen LogP contribution in [-0.4, -0.2) is 32.9 Å². The zero-order valence-electron chi connectivity index (χ0n) is 12.6. The van der Waals surface area contributed by atoms with Gasteiger partial charge in [-0.1, -0.05) is 23.9 Å². The SMILES string of the molecule is C[C@H](On1c(S[C@@H](C)C(N)=O)nc2ccccc2c1=O)C(N)=O. The number of hydrogen-bond donors (Lipinski definition) is 2. The Labute approximate surface area is 135 Å². The summed E-state index contributed by atoms with van der Waals surface area (Å²) in [4.78, 5) is 44.7. The molecule has 2 amide bonds. The van der Waals surface area contributed by atoms with Crippen molar-refractivity contribution in [3.8, 4) is 0 Å². The molecule has 0 aliphatic heterocycles. The van der Waals surface area contributed by atoms with Crippen molar-refractivity contribution in [2.45, 2.75) is 30.4 Å². The number of fused-ring (bicyclic) bond motifs is 1. The van der Waals surface area contributed by atoms with Crippen LogP contribution in [0.4, 0.5) is 0 Å². The van der Waals surface area contributed by atoms with E-state index in [0.29, 0.717) is 10.9 Å². The summed E-state index contributed by atoms with van der Waals surface area (Å²) >= 11 is 0.961. The molecule has 0 fully saturated rings. The fourth-order valence-electron chi connectivity index (χ4n) is 1.69. The lowest BCUT2D eigenvalue weighted by Gasteiger charge is -2.17. The molecule has 0 radical (unpaired) electrons. The maximum Gasteiger partial charge on any atom is 0.295 e. The third kappa shape index (κ3) is 3.62. The summed E-state index contributed by atoms with van der Waals surface area (Å²) in [7, 11) is 0. The second-order valence-electron chi connectivity index (χ2n) is 4.82. The number of para-hydroxylation sites is 1. The maximum absolute atomic E-state index is 12.6. The number of primary amides is 2. The number of carbonyl (C=O) groups is 2. The summed E-state index contributed by atoms with van der Waals surface area (Å²) < 4.78 is 0.877. The number of nitrogens with two attached hydrogens (primary N) is 2. The number of thioether (sulfide) groups is 1. The first-order valence-corrected chi connectivity index (χ1v) is 7.63. The molecule has 4 N–H and O–H groups in total. The summed E-state index contributed by atoms with van der Waals surface area (Å²) in [6.07, 6.45) is -1.04. The van der Waals surface area contributed by atoms with Crippen LogP contribution in [-0.2, 0) is 9.59 Å². The monoisotopic (exact) mass is 336 g/mol. The van der Waals surface area contributed by atoms with Crippen molar-refractivity contribution in [3.63, 3.8) is 0 Å². The molecule has 0 unspecified atom stereocenters. The molecular weight excluding hydrogens is 320 g/mol. The third-order valence-corrected chi connectivity index (χ3v) is 4.11. The summed E-state index contributed by atoms with van der Waals surface area (Å²) in [5.74, 6) is -1.30. The van der Waals surface area contributed by atoms with Crippen LogP contribution in [0.15, 0.2) is 34.2 Å². The number of benzene rings is 1. The molecule has 1 heterocycles. The maximum atomic E-state index is 12.6. The van der Waals surface area contributed by atoms with Gasteiger partial charge in [-0.2, -0.15) is 0 Å². The van der Waals surface area contributed by atoms with Gasteiger partial charge in [-0.05, 0) is 26.0 Å². The molecule has 9 heteroatoms. The molecule has 0 spiro atoms. The lowest BCUT2D eigenvalue weighted by atomic mass is 10.2. The van der Waals surface area contributed by atoms with E-state index < -0.39 is 28.7 Å². The van der Waals surface area contributed by atoms with Gasteiger partial charge in [0.1, 0.15) is 0 Å². The fourth-order valence-corrected chi connectivity index (χ4v) is 2.50. The van der Waals surface area contributed by atoms with E-state index in [2.05, 4.69) is 4.98 Å². The normalized spacial score (nSPS) is 13.5. The minimum Gasteiger partial charge on any atom is -0.395 e. The van der Waals surface area contributed by atoms with E-state index in [4.69, 9.17) is 16.3 Å². The summed E-state index contributed by atoms with van der Waals surface area (Å²) in [5, 5.41) is -0.199. The van der Waals surface area contributed by atoms with Gasteiger partial charge in [0.15, 0.2) is 6.10 Å². The zero-order valence-corrected chi connectivity index (χ0v) is 13.4. The van der Waals surface area contributed by atoms with E-state index in [1.54, 1.807) is 31.2 Å². The molecule has 0 saturated carbocycles. The highest BCUT2D eigenvalue weighted by molar-refractivity contribution is 8.00. The van der Waals surface area contributed by atoms with Gasteiger partial charge < -0.3 is 16.3 Å². The van der Waals surface area contributed by atoms with Crippen molar-refractivity contribution < 1.29 is 14.4 Å². The first-order valence-electron chi connectivity index (χ1n) is 6.75. The summed E-state index contributed by atoms with van der Waals surface area (Å²) in [5.41, 5.74) is 10.4. The topological polar surface area (TPSA) is 130 Å². The molecule has 0 aliphatic carbocycles. The van der Waals surface area contributed by atoms with Gasteiger partial charge in [-0.25, -0.2) is 4.98 Å². The Hall–Kier alpha value is -2.55. The quantitative estimate of drug-likeness (QED) is 0.548. The number of hydrogen-bond acceptors (Lipinski definition) is 6. The zero-order chi connectivity index (χ0) is 17.1. The Balaban J connectivity index is 2.59. The average Bonchev–Trinajstić information content (AvgIpc) is 2.50. The standard InChI is InChI=1S/C14H16N4O4S/c1-7(11(15)19)22-18-13(21)9-5-3-4-6-10(9)17-14(18)23-8(2)12(16)20/h3-8H,1-2H3,(H2,15,19)(H2,16,20)/t7-,8-/m0/s1. The van der Waals surface area contributed by atoms with Crippen LogP contribution in [0.5, 0.6) is 0 Å². The average molecular weight is 336 g/mol. The smallest absolute Gasteiger partial charge is 0.295 e. The fraction of sp³-hybridized carbons (Fsp3) is 0.286. The van der Waals surface area contributed by atoms with Crippen molar-refractivity contribution in [2.24, 2.45) is 11.5 Å². The van der Waals surface area contributed by atoms with Gasteiger partial charge in [-0.15, -0.1) is 4.73 Å². The highest BCUT2D eigenvalue weighted by Crippen LogP contribution is 2.21. The first kappa shape index (κ1) is 16.8. The van der Waals surface area contributed by atoms with Crippen molar-refractivity contribution in [3.05, 3.63) is 34.6 Å². The second-order valence-corrected chi connectivity index (χ2v) is 6.13. The van der Waals surface area contributed by atoms with Gasteiger partial charge in [0.05, 0.1) is 16.2 Å². The lowest BCUT2D eigenvalue weighted by Crippen LogP contribution is -2.41. The number of carbonyl (C=O) groups excluding carboxylic acids is 2. The van der Waals surface area contributed by atoms with E-state index in [0.717, 1.165) is 16.5 Å². The molecule has 0 saturated heterocycles. The van der Waals surface area contributed by atoms with E-state index in [9.17, 15) is 14.4 Å².